The van der Waals surface area contributed by atoms with Crippen LogP contribution in [0.15, 0.2) is 5.16 Å². The number of aromatic nitrogens is 4. The summed E-state index contributed by atoms with van der Waals surface area (Å²) in [6.07, 6.45) is 8.23. The number of ether oxygens (including phenoxy) is 1. The molecule has 2 heterocycles. The van der Waals surface area contributed by atoms with E-state index in [1.807, 2.05) is 6.92 Å². The highest BCUT2D eigenvalue weighted by molar-refractivity contribution is 8.00. The lowest BCUT2D eigenvalue weighted by Crippen LogP contribution is -2.40. The van der Waals surface area contributed by atoms with Gasteiger partial charge in [0.25, 0.3) is 0 Å². The van der Waals surface area contributed by atoms with Crippen LogP contribution in [0, 0.1) is 0 Å². The highest BCUT2D eigenvalue weighted by Crippen LogP contribution is 2.23. The first kappa shape index (κ1) is 16.7. The summed E-state index contributed by atoms with van der Waals surface area (Å²) in [4.78, 5) is 12.4. The topological polar surface area (TPSA) is 81.9 Å². The van der Waals surface area contributed by atoms with E-state index in [-0.39, 0.29) is 17.3 Å². The Kier molecular flexibility index (Phi) is 5.88. The Labute approximate surface area is 140 Å². The van der Waals surface area contributed by atoms with Gasteiger partial charge in [-0.1, -0.05) is 31.0 Å². The lowest BCUT2D eigenvalue weighted by atomic mass is 9.95. The van der Waals surface area contributed by atoms with Crippen molar-refractivity contribution < 1.29 is 9.53 Å². The van der Waals surface area contributed by atoms with Crippen LogP contribution in [-0.2, 0) is 16.1 Å². The minimum atomic E-state index is -0.203. The quantitative estimate of drug-likeness (QED) is 0.796. The summed E-state index contributed by atoms with van der Waals surface area (Å²) in [5, 5.41) is 15.5. The Morgan fingerprint density at radius 2 is 2.17 bits per heavy atom. The number of hydrogen-bond donors (Lipinski definition) is 1. The van der Waals surface area contributed by atoms with E-state index in [2.05, 4.69) is 20.8 Å². The van der Waals surface area contributed by atoms with Gasteiger partial charge in [0.2, 0.25) is 11.1 Å². The van der Waals surface area contributed by atoms with E-state index in [0.29, 0.717) is 17.7 Å². The maximum Gasteiger partial charge on any atom is 0.233 e. The van der Waals surface area contributed by atoms with Crippen molar-refractivity contribution in [1.82, 2.24) is 25.5 Å². The van der Waals surface area contributed by atoms with Crippen molar-refractivity contribution >= 4 is 17.7 Å². The normalized spacial score (nSPS) is 23.8. The zero-order valence-corrected chi connectivity index (χ0v) is 14.4. The van der Waals surface area contributed by atoms with Gasteiger partial charge < -0.3 is 10.1 Å². The number of nitrogens with one attached hydrogen (secondary N) is 1. The minimum absolute atomic E-state index is 0.0774. The fourth-order valence-electron chi connectivity index (χ4n) is 3.15. The molecule has 1 aliphatic heterocycles. The van der Waals surface area contributed by atoms with Gasteiger partial charge in [0.1, 0.15) is 0 Å². The van der Waals surface area contributed by atoms with E-state index in [0.717, 1.165) is 32.3 Å². The SMILES string of the molecule is CC(Sc1nnnn1CC1CCCO1)C(=O)NC1CCCCC1. The maximum atomic E-state index is 12.4. The molecule has 0 spiro atoms. The second-order valence-electron chi connectivity index (χ2n) is 6.38. The summed E-state index contributed by atoms with van der Waals surface area (Å²) in [6.45, 7) is 3.38. The Balaban J connectivity index is 1.51. The predicted octanol–water partition coefficient (Wildman–Crippen LogP) is 1.78. The molecule has 0 bridgehead atoms. The van der Waals surface area contributed by atoms with E-state index in [4.69, 9.17) is 4.74 Å². The largest absolute Gasteiger partial charge is 0.376 e. The standard InChI is InChI=1S/C15H25N5O2S/c1-11(14(21)16-12-6-3-2-4-7-12)23-15-17-18-19-20(15)10-13-8-5-9-22-13/h11-13H,2-10H2,1H3,(H,16,21). The van der Waals surface area contributed by atoms with Crippen molar-refractivity contribution in [1.29, 1.82) is 0 Å². The molecule has 2 unspecified atom stereocenters. The van der Waals surface area contributed by atoms with Crippen LogP contribution in [0.5, 0.6) is 0 Å². The molecule has 1 saturated carbocycles. The van der Waals surface area contributed by atoms with Gasteiger partial charge in [-0.2, -0.15) is 0 Å². The molecule has 1 saturated heterocycles. The van der Waals surface area contributed by atoms with Crippen LogP contribution in [0.4, 0.5) is 0 Å². The van der Waals surface area contributed by atoms with E-state index in [1.54, 1.807) is 4.68 Å². The van der Waals surface area contributed by atoms with Crippen LogP contribution in [0.25, 0.3) is 0 Å². The summed E-state index contributed by atoms with van der Waals surface area (Å²) in [7, 11) is 0. The summed E-state index contributed by atoms with van der Waals surface area (Å²) in [6, 6.07) is 0.335. The highest BCUT2D eigenvalue weighted by atomic mass is 32.2. The highest BCUT2D eigenvalue weighted by Gasteiger charge is 2.24. The molecule has 23 heavy (non-hydrogen) atoms. The van der Waals surface area contributed by atoms with Crippen LogP contribution in [0.1, 0.15) is 51.9 Å². The minimum Gasteiger partial charge on any atom is -0.376 e. The van der Waals surface area contributed by atoms with Crippen molar-refractivity contribution in [3.63, 3.8) is 0 Å². The molecule has 8 heteroatoms. The van der Waals surface area contributed by atoms with Gasteiger partial charge in [0.15, 0.2) is 0 Å². The third kappa shape index (κ3) is 4.67. The first-order chi connectivity index (χ1) is 11.2. The summed E-state index contributed by atoms with van der Waals surface area (Å²) in [5.74, 6) is 0.0774. The van der Waals surface area contributed by atoms with E-state index in [1.165, 1.54) is 31.0 Å². The molecule has 2 fully saturated rings. The molecule has 1 aromatic heterocycles. The number of thioether (sulfide) groups is 1. The van der Waals surface area contributed by atoms with Gasteiger partial charge >= 0.3 is 0 Å². The maximum absolute atomic E-state index is 12.4. The van der Waals surface area contributed by atoms with Crippen molar-refractivity contribution in [3.05, 3.63) is 0 Å². The molecule has 1 aliphatic carbocycles. The van der Waals surface area contributed by atoms with Crippen molar-refractivity contribution in [2.75, 3.05) is 6.61 Å². The zero-order chi connectivity index (χ0) is 16.1. The second-order valence-corrected chi connectivity index (χ2v) is 7.69. The average Bonchev–Trinajstić information content (AvgIpc) is 3.21. The van der Waals surface area contributed by atoms with Gasteiger partial charge in [-0.05, 0) is 43.0 Å². The number of tetrazole rings is 1. The van der Waals surface area contributed by atoms with Crippen LogP contribution in [0.2, 0.25) is 0 Å². The van der Waals surface area contributed by atoms with E-state index in [9.17, 15) is 4.79 Å². The zero-order valence-electron chi connectivity index (χ0n) is 13.6. The lowest BCUT2D eigenvalue weighted by molar-refractivity contribution is -0.121. The van der Waals surface area contributed by atoms with Crippen molar-refractivity contribution in [2.45, 2.75) is 81.0 Å². The summed E-state index contributed by atoms with van der Waals surface area (Å²) in [5.41, 5.74) is 0. The smallest absolute Gasteiger partial charge is 0.233 e. The van der Waals surface area contributed by atoms with Crippen molar-refractivity contribution in [2.24, 2.45) is 0 Å². The Bertz CT molecular complexity index is 512. The monoisotopic (exact) mass is 339 g/mol. The molecule has 0 radical (unpaired) electrons. The Hall–Kier alpha value is -1.15. The molecule has 0 aromatic carbocycles. The number of carbonyl (C=O) groups excluding carboxylic acids is 1. The van der Waals surface area contributed by atoms with Gasteiger partial charge in [-0.3, -0.25) is 4.79 Å². The summed E-state index contributed by atoms with van der Waals surface area (Å²) >= 11 is 1.42. The summed E-state index contributed by atoms with van der Waals surface area (Å²) < 4.78 is 7.38. The van der Waals surface area contributed by atoms with Gasteiger partial charge in [0, 0.05) is 12.6 Å². The second kappa shape index (κ2) is 8.10. The predicted molar refractivity (Wildman–Crippen MR) is 87.1 cm³/mol. The molecule has 2 atom stereocenters. The lowest BCUT2D eigenvalue weighted by Gasteiger charge is -2.24. The van der Waals surface area contributed by atoms with Crippen molar-refractivity contribution in [3.8, 4) is 0 Å². The molecular formula is C15H25N5O2S. The number of nitrogens with zero attached hydrogens (tertiary/aromatic N) is 4. The third-order valence-electron chi connectivity index (χ3n) is 4.50. The van der Waals surface area contributed by atoms with E-state index >= 15 is 0 Å². The number of hydrogen-bond acceptors (Lipinski definition) is 6. The first-order valence-electron chi connectivity index (χ1n) is 8.57. The van der Waals surface area contributed by atoms with Gasteiger partial charge in [0.05, 0.1) is 17.9 Å². The van der Waals surface area contributed by atoms with Crippen LogP contribution in [0.3, 0.4) is 0 Å². The molecular weight excluding hydrogens is 314 g/mol. The van der Waals surface area contributed by atoms with Gasteiger partial charge in [-0.25, -0.2) is 4.68 Å². The third-order valence-corrected chi connectivity index (χ3v) is 5.57. The number of amides is 1. The van der Waals surface area contributed by atoms with Crippen LogP contribution >= 0.6 is 11.8 Å². The average molecular weight is 339 g/mol. The molecule has 128 valence electrons. The molecule has 1 aromatic rings. The van der Waals surface area contributed by atoms with Crippen LogP contribution in [-0.4, -0.2) is 50.1 Å². The molecule has 3 rings (SSSR count). The van der Waals surface area contributed by atoms with Gasteiger partial charge in [-0.15, -0.1) is 5.10 Å². The number of carbonyl (C=O) groups is 1. The first-order valence-corrected chi connectivity index (χ1v) is 9.45. The number of rotatable bonds is 6. The van der Waals surface area contributed by atoms with Crippen LogP contribution < -0.4 is 5.32 Å². The fourth-order valence-corrected chi connectivity index (χ4v) is 3.96. The Morgan fingerprint density at radius 1 is 1.35 bits per heavy atom. The Morgan fingerprint density at radius 3 is 2.91 bits per heavy atom. The van der Waals surface area contributed by atoms with E-state index < -0.39 is 0 Å². The molecule has 1 amide bonds. The molecule has 7 nitrogen and oxygen atoms in total. The molecule has 1 N–H and O–H groups in total. The fraction of sp³-hybridized carbons (Fsp3) is 0.867. The molecule has 2 aliphatic rings.